The molecule has 1 saturated heterocycles. The lowest BCUT2D eigenvalue weighted by Crippen LogP contribution is -2.48. The summed E-state index contributed by atoms with van der Waals surface area (Å²) in [5, 5.41) is 6.32. The van der Waals surface area contributed by atoms with Crippen molar-refractivity contribution in [1.29, 1.82) is 0 Å². The normalized spacial score (nSPS) is 26.3. The Hall–Kier alpha value is -1.82. The number of nitrogens with one attached hydrogen (secondary N) is 2. The van der Waals surface area contributed by atoms with Gasteiger partial charge in [-0.3, -0.25) is 4.98 Å². The van der Waals surface area contributed by atoms with Gasteiger partial charge in [0.25, 0.3) is 0 Å². The number of ether oxygens (including phenoxy) is 2. The average molecular weight is 388 g/mol. The van der Waals surface area contributed by atoms with Gasteiger partial charge in [-0.05, 0) is 43.6 Å². The number of pyridine rings is 1. The molecule has 0 aromatic carbocycles. The standard InChI is InChI=1S/C22H33N3O3/c26-21(25-20-5-4-10-22(20)8-2-1-3-9-22)24-13-18-6-11-23-14-19(18)28-16-17-7-12-27-15-17/h6,11,14,17,20H,1-5,7-10,12-13,15-16H2,(H2,24,25,26). The quantitative estimate of drug-likeness (QED) is 0.779. The van der Waals surface area contributed by atoms with Gasteiger partial charge >= 0.3 is 6.03 Å². The van der Waals surface area contributed by atoms with Crippen molar-refractivity contribution in [3.63, 3.8) is 0 Å². The number of carbonyl (C=O) groups excluding carboxylic acids is 1. The Labute approximate surface area is 167 Å². The number of carbonyl (C=O) groups is 1. The van der Waals surface area contributed by atoms with Gasteiger partial charge in [0.1, 0.15) is 5.75 Å². The van der Waals surface area contributed by atoms with Gasteiger partial charge in [0.05, 0.1) is 19.4 Å². The highest BCUT2D eigenvalue weighted by Crippen LogP contribution is 2.49. The zero-order valence-electron chi connectivity index (χ0n) is 16.8. The summed E-state index contributed by atoms with van der Waals surface area (Å²) >= 11 is 0. The first-order chi connectivity index (χ1) is 13.8. The maximum absolute atomic E-state index is 12.6. The lowest BCUT2D eigenvalue weighted by Gasteiger charge is -2.39. The highest BCUT2D eigenvalue weighted by molar-refractivity contribution is 5.74. The second-order valence-electron chi connectivity index (χ2n) is 8.72. The molecule has 6 heteroatoms. The van der Waals surface area contributed by atoms with Crippen molar-refractivity contribution in [2.24, 2.45) is 11.3 Å². The van der Waals surface area contributed by atoms with Crippen molar-refractivity contribution < 1.29 is 14.3 Å². The van der Waals surface area contributed by atoms with Crippen molar-refractivity contribution in [1.82, 2.24) is 15.6 Å². The zero-order valence-corrected chi connectivity index (χ0v) is 16.8. The fourth-order valence-corrected chi connectivity index (χ4v) is 5.21. The number of rotatable bonds is 6. The van der Waals surface area contributed by atoms with Crippen LogP contribution in [0.15, 0.2) is 18.5 Å². The summed E-state index contributed by atoms with van der Waals surface area (Å²) in [6.45, 7) is 2.66. The topological polar surface area (TPSA) is 72.5 Å². The van der Waals surface area contributed by atoms with Crippen LogP contribution in [0.2, 0.25) is 0 Å². The molecular formula is C22H33N3O3. The molecule has 2 heterocycles. The van der Waals surface area contributed by atoms with Crippen LogP contribution in [0.4, 0.5) is 4.79 Å². The van der Waals surface area contributed by atoms with Crippen LogP contribution in [0, 0.1) is 11.3 Å². The second-order valence-corrected chi connectivity index (χ2v) is 8.72. The van der Waals surface area contributed by atoms with Crippen LogP contribution in [0.5, 0.6) is 5.75 Å². The largest absolute Gasteiger partial charge is 0.491 e. The van der Waals surface area contributed by atoms with Crippen molar-refractivity contribution >= 4 is 6.03 Å². The molecule has 2 atom stereocenters. The van der Waals surface area contributed by atoms with Gasteiger partial charge in [0.2, 0.25) is 0 Å². The molecule has 2 amide bonds. The fourth-order valence-electron chi connectivity index (χ4n) is 5.21. The van der Waals surface area contributed by atoms with Gasteiger partial charge in [-0.15, -0.1) is 0 Å². The van der Waals surface area contributed by atoms with Crippen LogP contribution in [-0.2, 0) is 11.3 Å². The number of amides is 2. The molecule has 2 N–H and O–H groups in total. The van der Waals surface area contributed by atoms with E-state index in [0.717, 1.165) is 37.4 Å². The predicted molar refractivity (Wildman–Crippen MR) is 107 cm³/mol. The van der Waals surface area contributed by atoms with Crippen LogP contribution in [0.1, 0.15) is 63.4 Å². The number of nitrogens with zero attached hydrogens (tertiary/aromatic N) is 1. The van der Waals surface area contributed by atoms with E-state index < -0.39 is 0 Å². The number of urea groups is 1. The molecular weight excluding hydrogens is 354 g/mol. The first-order valence-electron chi connectivity index (χ1n) is 10.9. The highest BCUT2D eigenvalue weighted by atomic mass is 16.5. The van der Waals surface area contributed by atoms with Gasteiger partial charge in [-0.25, -0.2) is 4.79 Å². The Morgan fingerprint density at radius 2 is 2.07 bits per heavy atom. The minimum Gasteiger partial charge on any atom is -0.491 e. The van der Waals surface area contributed by atoms with E-state index in [1.807, 2.05) is 6.07 Å². The summed E-state index contributed by atoms with van der Waals surface area (Å²) in [7, 11) is 0. The van der Waals surface area contributed by atoms with Crippen molar-refractivity contribution in [2.45, 2.75) is 70.4 Å². The predicted octanol–water partition coefficient (Wildman–Crippen LogP) is 3.80. The first kappa shape index (κ1) is 19.5. The smallest absolute Gasteiger partial charge is 0.315 e. The third-order valence-corrected chi connectivity index (χ3v) is 6.87. The number of aromatic nitrogens is 1. The molecule has 2 unspecified atom stereocenters. The SMILES string of the molecule is O=C(NCc1ccncc1OCC1CCOC1)NC1CCCC12CCCCC2. The van der Waals surface area contributed by atoms with E-state index in [0.29, 0.717) is 30.5 Å². The molecule has 3 aliphatic rings. The molecule has 6 nitrogen and oxygen atoms in total. The number of hydrogen-bond donors (Lipinski definition) is 2. The van der Waals surface area contributed by atoms with Gasteiger partial charge in [-0.1, -0.05) is 25.7 Å². The molecule has 0 radical (unpaired) electrons. The van der Waals surface area contributed by atoms with E-state index in [9.17, 15) is 4.79 Å². The van der Waals surface area contributed by atoms with Gasteiger partial charge in [0, 0.05) is 36.9 Å². The van der Waals surface area contributed by atoms with Crippen LogP contribution in [0.3, 0.4) is 0 Å². The molecule has 1 aromatic rings. The molecule has 154 valence electrons. The Morgan fingerprint density at radius 3 is 2.89 bits per heavy atom. The van der Waals surface area contributed by atoms with Crippen molar-refractivity contribution in [3.8, 4) is 5.75 Å². The molecule has 3 fully saturated rings. The van der Waals surface area contributed by atoms with E-state index in [4.69, 9.17) is 9.47 Å². The lowest BCUT2D eigenvalue weighted by atomic mass is 9.70. The minimum atomic E-state index is -0.0659. The fraction of sp³-hybridized carbons (Fsp3) is 0.727. The van der Waals surface area contributed by atoms with Gasteiger partial charge in [-0.2, -0.15) is 0 Å². The third kappa shape index (κ3) is 4.59. The highest BCUT2D eigenvalue weighted by Gasteiger charge is 2.43. The summed E-state index contributed by atoms with van der Waals surface area (Å²) in [6, 6.07) is 2.17. The van der Waals surface area contributed by atoms with Crippen LogP contribution >= 0.6 is 0 Å². The van der Waals surface area contributed by atoms with Gasteiger partial charge < -0.3 is 20.1 Å². The van der Waals surface area contributed by atoms with Crippen molar-refractivity contribution in [3.05, 3.63) is 24.0 Å². The van der Waals surface area contributed by atoms with Crippen molar-refractivity contribution in [2.75, 3.05) is 19.8 Å². The summed E-state index contributed by atoms with van der Waals surface area (Å²) < 4.78 is 11.4. The molecule has 2 aliphatic carbocycles. The second kappa shape index (κ2) is 9.12. The molecule has 1 aromatic heterocycles. The Bertz CT molecular complexity index is 654. The Balaban J connectivity index is 1.28. The van der Waals surface area contributed by atoms with E-state index in [1.165, 1.54) is 44.9 Å². The summed E-state index contributed by atoms with van der Waals surface area (Å²) in [5.74, 6) is 1.19. The summed E-state index contributed by atoms with van der Waals surface area (Å²) in [6.07, 6.45) is 14.6. The molecule has 1 spiro atoms. The average Bonchev–Trinajstić information content (AvgIpc) is 3.37. The Kier molecular flexibility index (Phi) is 6.35. The maximum Gasteiger partial charge on any atom is 0.315 e. The van der Waals surface area contributed by atoms with E-state index in [-0.39, 0.29) is 6.03 Å². The molecule has 2 saturated carbocycles. The maximum atomic E-state index is 12.6. The van der Waals surface area contributed by atoms with E-state index in [2.05, 4.69) is 15.6 Å². The molecule has 4 rings (SSSR count). The van der Waals surface area contributed by atoms with Gasteiger partial charge in [0.15, 0.2) is 0 Å². The molecule has 1 aliphatic heterocycles. The zero-order chi connectivity index (χ0) is 19.2. The third-order valence-electron chi connectivity index (χ3n) is 6.87. The van der Waals surface area contributed by atoms with Crippen LogP contribution in [0.25, 0.3) is 0 Å². The number of hydrogen-bond acceptors (Lipinski definition) is 4. The summed E-state index contributed by atoms with van der Waals surface area (Å²) in [4.78, 5) is 16.8. The first-order valence-corrected chi connectivity index (χ1v) is 10.9. The van der Waals surface area contributed by atoms with E-state index in [1.54, 1.807) is 12.4 Å². The van der Waals surface area contributed by atoms with Crippen LogP contribution < -0.4 is 15.4 Å². The molecule has 28 heavy (non-hydrogen) atoms. The van der Waals surface area contributed by atoms with Crippen LogP contribution in [-0.4, -0.2) is 36.9 Å². The minimum absolute atomic E-state index is 0.0659. The summed E-state index contributed by atoms with van der Waals surface area (Å²) in [5.41, 5.74) is 1.31. The monoisotopic (exact) mass is 387 g/mol. The van der Waals surface area contributed by atoms with E-state index >= 15 is 0 Å². The Morgan fingerprint density at radius 1 is 1.21 bits per heavy atom. The molecule has 0 bridgehead atoms. The lowest BCUT2D eigenvalue weighted by molar-refractivity contribution is 0.150.